The standard InChI is InChI=1S/C7H6BrN3O3/c1-3(12)10-7(14)5-6(13)9-2-4(8)11-5/h2H,1H3,(H,9,13)(H,10,12,14). The third-order valence-electron chi connectivity index (χ3n) is 1.26. The molecule has 6 nitrogen and oxygen atoms in total. The number of rotatable bonds is 1. The lowest BCUT2D eigenvalue weighted by Gasteiger charge is -1.98. The summed E-state index contributed by atoms with van der Waals surface area (Å²) in [6, 6.07) is 0. The molecule has 1 aromatic rings. The quantitative estimate of drug-likeness (QED) is 0.731. The molecule has 0 radical (unpaired) electrons. The van der Waals surface area contributed by atoms with Crippen LogP contribution in [-0.4, -0.2) is 21.8 Å². The van der Waals surface area contributed by atoms with E-state index in [1.165, 1.54) is 13.1 Å². The number of nitrogens with one attached hydrogen (secondary N) is 2. The fourth-order valence-corrected chi connectivity index (χ4v) is 1.05. The van der Waals surface area contributed by atoms with Crippen LogP contribution in [0.15, 0.2) is 15.6 Å². The zero-order valence-electron chi connectivity index (χ0n) is 7.13. The van der Waals surface area contributed by atoms with E-state index >= 15 is 0 Å². The fraction of sp³-hybridized carbons (Fsp3) is 0.143. The van der Waals surface area contributed by atoms with Gasteiger partial charge in [0.15, 0.2) is 5.69 Å². The molecule has 2 N–H and O–H groups in total. The monoisotopic (exact) mass is 259 g/mol. The number of aromatic nitrogens is 2. The molecule has 74 valence electrons. The number of aromatic amines is 1. The Labute approximate surface area is 86.9 Å². The first-order valence-electron chi connectivity index (χ1n) is 3.58. The molecule has 0 aromatic carbocycles. The number of carbonyl (C=O) groups excluding carboxylic acids is 2. The maximum Gasteiger partial charge on any atom is 0.282 e. The van der Waals surface area contributed by atoms with Gasteiger partial charge in [0, 0.05) is 13.1 Å². The lowest BCUT2D eigenvalue weighted by atomic mass is 10.4. The zero-order chi connectivity index (χ0) is 10.7. The van der Waals surface area contributed by atoms with Crippen molar-refractivity contribution in [2.24, 2.45) is 0 Å². The van der Waals surface area contributed by atoms with Gasteiger partial charge in [-0.05, 0) is 15.9 Å². The number of nitrogens with zero attached hydrogens (tertiary/aromatic N) is 1. The smallest absolute Gasteiger partial charge is 0.282 e. The summed E-state index contributed by atoms with van der Waals surface area (Å²) < 4.78 is 0.311. The molecule has 0 atom stereocenters. The van der Waals surface area contributed by atoms with E-state index in [2.05, 4.69) is 25.9 Å². The van der Waals surface area contributed by atoms with Gasteiger partial charge < -0.3 is 4.98 Å². The highest BCUT2D eigenvalue weighted by Gasteiger charge is 2.13. The molecule has 0 saturated heterocycles. The van der Waals surface area contributed by atoms with E-state index in [1.54, 1.807) is 0 Å². The topological polar surface area (TPSA) is 91.9 Å². The first kappa shape index (κ1) is 10.6. The highest BCUT2D eigenvalue weighted by molar-refractivity contribution is 9.10. The van der Waals surface area contributed by atoms with Crippen molar-refractivity contribution in [1.82, 2.24) is 15.3 Å². The number of hydrogen-bond donors (Lipinski definition) is 2. The molecule has 0 aliphatic rings. The molecule has 14 heavy (non-hydrogen) atoms. The van der Waals surface area contributed by atoms with Crippen molar-refractivity contribution in [3.05, 3.63) is 26.8 Å². The third-order valence-corrected chi connectivity index (χ3v) is 1.67. The van der Waals surface area contributed by atoms with Gasteiger partial charge in [0.25, 0.3) is 11.5 Å². The zero-order valence-corrected chi connectivity index (χ0v) is 8.71. The molecule has 0 aliphatic carbocycles. The average molecular weight is 260 g/mol. The van der Waals surface area contributed by atoms with Crippen LogP contribution >= 0.6 is 15.9 Å². The number of carbonyl (C=O) groups is 2. The van der Waals surface area contributed by atoms with Crippen molar-refractivity contribution in [3.8, 4) is 0 Å². The van der Waals surface area contributed by atoms with E-state index in [4.69, 9.17) is 0 Å². The molecule has 0 bridgehead atoms. The largest absolute Gasteiger partial charge is 0.324 e. The Balaban J connectivity index is 3.06. The SMILES string of the molecule is CC(=O)NC(=O)c1nc(Br)c[nH]c1=O. The van der Waals surface area contributed by atoms with Crippen LogP contribution in [0.2, 0.25) is 0 Å². The second-order valence-corrected chi connectivity index (χ2v) is 3.22. The maximum absolute atomic E-state index is 11.2. The van der Waals surface area contributed by atoms with E-state index < -0.39 is 17.4 Å². The summed E-state index contributed by atoms with van der Waals surface area (Å²) >= 11 is 2.98. The lowest BCUT2D eigenvalue weighted by Crippen LogP contribution is -2.33. The summed E-state index contributed by atoms with van der Waals surface area (Å²) in [5.74, 6) is -1.36. The summed E-state index contributed by atoms with van der Waals surface area (Å²) in [5, 5.41) is 1.95. The summed E-state index contributed by atoms with van der Waals surface area (Å²) in [4.78, 5) is 38.7. The second-order valence-electron chi connectivity index (χ2n) is 2.41. The van der Waals surface area contributed by atoms with Crippen LogP contribution in [0.1, 0.15) is 17.4 Å². The third kappa shape index (κ3) is 2.49. The van der Waals surface area contributed by atoms with Gasteiger partial charge in [-0.3, -0.25) is 19.7 Å². The second kappa shape index (κ2) is 4.14. The summed E-state index contributed by atoms with van der Waals surface area (Å²) in [6.07, 6.45) is 1.30. The first-order valence-corrected chi connectivity index (χ1v) is 4.37. The van der Waals surface area contributed by atoms with Crippen molar-refractivity contribution in [2.45, 2.75) is 6.92 Å². The molecule has 2 amide bonds. The van der Waals surface area contributed by atoms with Crippen molar-refractivity contribution >= 4 is 27.7 Å². The van der Waals surface area contributed by atoms with Gasteiger partial charge in [0.2, 0.25) is 5.91 Å². The number of imide groups is 1. The number of amides is 2. The lowest BCUT2D eigenvalue weighted by molar-refractivity contribution is -0.118. The fourth-order valence-electron chi connectivity index (χ4n) is 0.756. The Morgan fingerprint density at radius 1 is 1.57 bits per heavy atom. The minimum atomic E-state index is -0.819. The highest BCUT2D eigenvalue weighted by atomic mass is 79.9. The van der Waals surface area contributed by atoms with Crippen molar-refractivity contribution in [3.63, 3.8) is 0 Å². The van der Waals surface area contributed by atoms with Crippen LogP contribution in [0.25, 0.3) is 0 Å². The summed E-state index contributed by atoms with van der Waals surface area (Å²) in [7, 11) is 0. The molecule has 0 saturated carbocycles. The van der Waals surface area contributed by atoms with Crippen molar-refractivity contribution < 1.29 is 9.59 Å². The Morgan fingerprint density at radius 2 is 2.21 bits per heavy atom. The van der Waals surface area contributed by atoms with Crippen LogP contribution in [-0.2, 0) is 4.79 Å². The molecule has 7 heteroatoms. The molecular weight excluding hydrogens is 254 g/mol. The van der Waals surface area contributed by atoms with E-state index in [1.807, 2.05) is 5.32 Å². The van der Waals surface area contributed by atoms with Crippen LogP contribution < -0.4 is 10.9 Å². The van der Waals surface area contributed by atoms with Gasteiger partial charge in [-0.25, -0.2) is 4.98 Å². The van der Waals surface area contributed by atoms with Crippen LogP contribution in [0.4, 0.5) is 0 Å². The Kier molecular flexibility index (Phi) is 3.13. The van der Waals surface area contributed by atoms with Gasteiger partial charge in [-0.1, -0.05) is 0 Å². The van der Waals surface area contributed by atoms with Gasteiger partial charge in [0.05, 0.1) is 0 Å². The minimum absolute atomic E-state index is 0.311. The molecule has 0 fully saturated rings. The summed E-state index contributed by atoms with van der Waals surface area (Å²) in [6.45, 7) is 1.17. The minimum Gasteiger partial charge on any atom is -0.324 e. The normalized spacial score (nSPS) is 9.57. The average Bonchev–Trinajstić information content (AvgIpc) is 2.08. The number of H-pyrrole nitrogens is 1. The Morgan fingerprint density at radius 3 is 2.79 bits per heavy atom. The van der Waals surface area contributed by atoms with Gasteiger partial charge in [-0.15, -0.1) is 0 Å². The predicted molar refractivity (Wildman–Crippen MR) is 50.7 cm³/mol. The molecule has 1 rings (SSSR count). The maximum atomic E-state index is 11.2. The van der Waals surface area contributed by atoms with Crippen LogP contribution in [0.3, 0.4) is 0 Å². The Hall–Kier alpha value is -1.50. The molecule has 0 aliphatic heterocycles. The number of hydrogen-bond acceptors (Lipinski definition) is 4. The van der Waals surface area contributed by atoms with Crippen molar-refractivity contribution in [1.29, 1.82) is 0 Å². The number of halogens is 1. The van der Waals surface area contributed by atoms with E-state index in [9.17, 15) is 14.4 Å². The van der Waals surface area contributed by atoms with E-state index in [-0.39, 0.29) is 5.69 Å². The predicted octanol–water partition coefficient (Wildman–Crippen LogP) is -0.191. The molecular formula is C7H6BrN3O3. The Bertz CT molecular complexity index is 440. The highest BCUT2D eigenvalue weighted by Crippen LogP contribution is 2.00. The first-order chi connectivity index (χ1) is 6.50. The van der Waals surface area contributed by atoms with Crippen LogP contribution in [0, 0.1) is 0 Å². The van der Waals surface area contributed by atoms with Crippen LogP contribution in [0.5, 0.6) is 0 Å². The van der Waals surface area contributed by atoms with Gasteiger partial charge in [-0.2, -0.15) is 0 Å². The molecule has 0 spiro atoms. The van der Waals surface area contributed by atoms with Crippen molar-refractivity contribution in [2.75, 3.05) is 0 Å². The molecule has 1 heterocycles. The summed E-state index contributed by atoms with van der Waals surface area (Å²) in [5.41, 5.74) is -0.999. The van der Waals surface area contributed by atoms with Gasteiger partial charge in [0.1, 0.15) is 4.60 Å². The molecule has 1 aromatic heterocycles. The molecule has 0 unspecified atom stereocenters. The van der Waals surface area contributed by atoms with E-state index in [0.717, 1.165) is 0 Å². The van der Waals surface area contributed by atoms with Gasteiger partial charge >= 0.3 is 0 Å². The van der Waals surface area contributed by atoms with E-state index in [0.29, 0.717) is 4.60 Å².